The van der Waals surface area contributed by atoms with Crippen molar-refractivity contribution in [2.24, 2.45) is 9.98 Å². The molecule has 1 amide bonds. The van der Waals surface area contributed by atoms with E-state index in [1.807, 2.05) is 48.8 Å². The number of carbonyl (C=O) groups is 1. The number of amidine groups is 1. The molecule has 1 fully saturated rings. The predicted molar refractivity (Wildman–Crippen MR) is 117 cm³/mol. The summed E-state index contributed by atoms with van der Waals surface area (Å²) in [4.78, 5) is 26.1. The van der Waals surface area contributed by atoms with Crippen molar-refractivity contribution in [1.82, 2.24) is 10.3 Å². The highest BCUT2D eigenvalue weighted by Gasteiger charge is 2.44. The van der Waals surface area contributed by atoms with Crippen LogP contribution in [-0.4, -0.2) is 47.1 Å². The molecule has 30 heavy (non-hydrogen) atoms. The van der Waals surface area contributed by atoms with Gasteiger partial charge in [-0.3, -0.25) is 9.79 Å². The van der Waals surface area contributed by atoms with Gasteiger partial charge in [0.1, 0.15) is 17.7 Å². The molecule has 4 heterocycles. The summed E-state index contributed by atoms with van der Waals surface area (Å²) < 4.78 is 0.483. The Labute approximate surface area is 175 Å². The van der Waals surface area contributed by atoms with E-state index in [0.717, 1.165) is 42.2 Å². The number of hydrogen-bond acceptors (Lipinski definition) is 5. The lowest BCUT2D eigenvalue weighted by atomic mass is 10.1. The highest BCUT2D eigenvalue weighted by molar-refractivity contribution is 6.05. The second-order valence-corrected chi connectivity index (χ2v) is 7.75. The summed E-state index contributed by atoms with van der Waals surface area (Å²) in [6.45, 7) is 1.02. The van der Waals surface area contributed by atoms with Crippen molar-refractivity contribution < 1.29 is 9.28 Å². The van der Waals surface area contributed by atoms with Crippen LogP contribution in [0.15, 0.2) is 82.4 Å². The lowest BCUT2D eigenvalue weighted by molar-refractivity contribution is -0.713. The summed E-state index contributed by atoms with van der Waals surface area (Å²) in [6.07, 6.45) is 9.68. The van der Waals surface area contributed by atoms with E-state index in [4.69, 9.17) is 4.99 Å². The summed E-state index contributed by atoms with van der Waals surface area (Å²) in [5.41, 5.74) is 3.73. The maximum Gasteiger partial charge on any atom is 0.256 e. The Morgan fingerprint density at radius 3 is 2.80 bits per heavy atom. The van der Waals surface area contributed by atoms with E-state index in [-0.39, 0.29) is 11.9 Å². The standard InChI is InChI=1S/C23H22N6O/c1-29-14-13-24-15-19(29)21(18-5-4-12-25-18)28-22(29)16-7-9-17(10-8-16)23(30)27-20-6-2-3-11-26-20/h2-3,6-11,13-15,18,25H,4-5,12H2,1H3/p+1. The lowest BCUT2D eigenvalue weighted by Gasteiger charge is -2.28. The maximum absolute atomic E-state index is 12.5. The average Bonchev–Trinajstić information content (AvgIpc) is 3.40. The zero-order chi connectivity index (χ0) is 20.6. The summed E-state index contributed by atoms with van der Waals surface area (Å²) in [5.74, 6) is 1.28. The molecule has 7 nitrogen and oxygen atoms in total. The minimum Gasteiger partial charge on any atom is -0.308 e. The number of aliphatic imine (C=N–C) groups is 2. The van der Waals surface area contributed by atoms with Crippen LogP contribution in [0.5, 0.6) is 0 Å². The number of rotatable bonds is 4. The van der Waals surface area contributed by atoms with Crippen LogP contribution in [-0.2, 0) is 0 Å². The number of carbonyl (C=O) groups excluding carboxylic acids is 1. The molecule has 2 aromatic rings. The van der Waals surface area contributed by atoms with Crippen molar-refractivity contribution >= 4 is 23.8 Å². The number of benzene rings is 1. The van der Waals surface area contributed by atoms with Crippen LogP contribution < -0.4 is 10.6 Å². The second kappa shape index (κ2) is 7.44. The van der Waals surface area contributed by atoms with E-state index in [1.54, 1.807) is 12.3 Å². The van der Waals surface area contributed by atoms with Gasteiger partial charge >= 0.3 is 0 Å². The van der Waals surface area contributed by atoms with E-state index < -0.39 is 0 Å². The van der Waals surface area contributed by atoms with Gasteiger partial charge in [0.05, 0.1) is 31.1 Å². The van der Waals surface area contributed by atoms with E-state index in [9.17, 15) is 4.79 Å². The van der Waals surface area contributed by atoms with Gasteiger partial charge in [-0.25, -0.2) is 9.47 Å². The second-order valence-electron chi connectivity index (χ2n) is 7.75. The number of fused-ring (bicyclic) bond motifs is 1. The first kappa shape index (κ1) is 18.6. The van der Waals surface area contributed by atoms with E-state index in [0.29, 0.717) is 15.9 Å². The van der Waals surface area contributed by atoms with Gasteiger partial charge in [-0.1, -0.05) is 6.07 Å². The van der Waals surface area contributed by atoms with Gasteiger partial charge in [0.2, 0.25) is 5.84 Å². The fraction of sp³-hybridized carbons (Fsp3) is 0.217. The number of hydrogen-bond donors (Lipinski definition) is 2. The Balaban J connectivity index is 1.43. The summed E-state index contributed by atoms with van der Waals surface area (Å²) in [5, 5.41) is 6.36. The molecule has 0 bridgehead atoms. The van der Waals surface area contributed by atoms with E-state index >= 15 is 0 Å². The number of allylic oxidation sites excluding steroid dienone is 1. The molecule has 0 radical (unpaired) electrons. The molecular formula is C23H23N6O+. The zero-order valence-corrected chi connectivity index (χ0v) is 16.7. The quantitative estimate of drug-likeness (QED) is 0.776. The maximum atomic E-state index is 12.5. The predicted octanol–water partition coefficient (Wildman–Crippen LogP) is 3.06. The van der Waals surface area contributed by atoms with Crippen LogP contribution in [0, 0.1) is 0 Å². The van der Waals surface area contributed by atoms with Gasteiger partial charge in [0.15, 0.2) is 5.70 Å². The smallest absolute Gasteiger partial charge is 0.256 e. The number of nitrogens with one attached hydrogen (secondary N) is 2. The van der Waals surface area contributed by atoms with Crippen LogP contribution in [0.25, 0.3) is 0 Å². The van der Waals surface area contributed by atoms with Crippen molar-refractivity contribution in [3.63, 3.8) is 0 Å². The number of nitrogens with zero attached hydrogens (tertiary/aromatic N) is 4. The number of aromatic nitrogens is 1. The molecule has 2 N–H and O–H groups in total. The molecule has 0 aliphatic carbocycles. The number of amides is 1. The molecule has 0 spiro atoms. The molecular weight excluding hydrogens is 376 g/mol. The third kappa shape index (κ3) is 3.18. The van der Waals surface area contributed by atoms with Crippen LogP contribution in [0.1, 0.15) is 28.8 Å². The molecule has 2 unspecified atom stereocenters. The number of pyridine rings is 1. The van der Waals surface area contributed by atoms with Crippen LogP contribution in [0.3, 0.4) is 0 Å². The molecule has 2 atom stereocenters. The summed E-state index contributed by atoms with van der Waals surface area (Å²) >= 11 is 0. The van der Waals surface area contributed by atoms with Gasteiger partial charge in [-0.05, 0) is 55.8 Å². The number of quaternary nitrogens is 1. The highest BCUT2D eigenvalue weighted by atomic mass is 16.1. The van der Waals surface area contributed by atoms with Crippen molar-refractivity contribution in [2.45, 2.75) is 18.9 Å². The fourth-order valence-corrected chi connectivity index (χ4v) is 4.15. The first-order valence-corrected chi connectivity index (χ1v) is 10.1. The molecule has 0 saturated carbocycles. The fourth-order valence-electron chi connectivity index (χ4n) is 4.15. The molecule has 1 aromatic heterocycles. The largest absolute Gasteiger partial charge is 0.308 e. The Kier molecular flexibility index (Phi) is 4.61. The third-order valence-electron chi connectivity index (χ3n) is 5.78. The topological polar surface area (TPSA) is 78.7 Å². The van der Waals surface area contributed by atoms with Crippen LogP contribution in [0.2, 0.25) is 0 Å². The molecule has 7 heteroatoms. The molecule has 3 aliphatic heterocycles. The molecule has 3 aliphatic rings. The van der Waals surface area contributed by atoms with Gasteiger partial charge in [0.25, 0.3) is 5.91 Å². The Morgan fingerprint density at radius 2 is 2.07 bits per heavy atom. The Morgan fingerprint density at radius 1 is 1.20 bits per heavy atom. The van der Waals surface area contributed by atoms with Gasteiger partial charge in [-0.2, -0.15) is 4.99 Å². The normalized spacial score (nSPS) is 24.7. The SMILES string of the molecule is C[N+]12C=CN=CC1=C(C1CCCN1)N=C2c1ccc(C(=O)Nc2ccccn2)cc1. The summed E-state index contributed by atoms with van der Waals surface area (Å²) in [6, 6.07) is 13.2. The van der Waals surface area contributed by atoms with Crippen LogP contribution >= 0.6 is 0 Å². The number of anilines is 1. The van der Waals surface area contributed by atoms with Gasteiger partial charge < -0.3 is 10.6 Å². The Bertz CT molecular complexity index is 1090. The monoisotopic (exact) mass is 399 g/mol. The Hall–Kier alpha value is -3.42. The summed E-state index contributed by atoms with van der Waals surface area (Å²) in [7, 11) is 2.12. The zero-order valence-electron chi connectivity index (χ0n) is 16.7. The minimum absolute atomic E-state index is 0.186. The first-order valence-electron chi connectivity index (χ1n) is 10.1. The third-order valence-corrected chi connectivity index (χ3v) is 5.78. The molecule has 5 rings (SSSR count). The molecule has 1 aromatic carbocycles. The van der Waals surface area contributed by atoms with Crippen LogP contribution in [0.4, 0.5) is 5.82 Å². The molecule has 150 valence electrons. The van der Waals surface area contributed by atoms with E-state index in [2.05, 4.69) is 33.9 Å². The molecule has 1 saturated heterocycles. The van der Waals surface area contributed by atoms with Gasteiger partial charge in [0, 0.05) is 11.8 Å². The van der Waals surface area contributed by atoms with Crippen molar-refractivity contribution in [3.05, 3.63) is 83.6 Å². The van der Waals surface area contributed by atoms with E-state index in [1.165, 1.54) is 0 Å². The lowest BCUT2D eigenvalue weighted by Crippen LogP contribution is -2.43. The highest BCUT2D eigenvalue weighted by Crippen LogP contribution is 2.35. The van der Waals surface area contributed by atoms with Crippen molar-refractivity contribution in [3.8, 4) is 0 Å². The van der Waals surface area contributed by atoms with Crippen molar-refractivity contribution in [2.75, 3.05) is 18.9 Å². The first-order chi connectivity index (χ1) is 14.6. The van der Waals surface area contributed by atoms with Crippen molar-refractivity contribution in [1.29, 1.82) is 0 Å². The van der Waals surface area contributed by atoms with Gasteiger partial charge in [-0.15, -0.1) is 0 Å². The average molecular weight is 399 g/mol. The minimum atomic E-state index is -0.186.